The van der Waals surface area contributed by atoms with Crippen LogP contribution in [0.4, 0.5) is 0 Å². The minimum atomic E-state index is -4.99. The summed E-state index contributed by atoms with van der Waals surface area (Å²) < 4.78 is 30.9. The molecule has 0 heterocycles. The Balaban J connectivity index is 4.34. The van der Waals surface area contributed by atoms with Crippen LogP contribution in [0.5, 0.6) is 0 Å². The Morgan fingerprint density at radius 3 is 1.55 bits per heavy atom. The van der Waals surface area contributed by atoms with E-state index in [1.807, 2.05) is 0 Å². The third-order valence-electron chi connectivity index (χ3n) is 0.465. The summed E-state index contributed by atoms with van der Waals surface area (Å²) in [5.74, 6) is 8.58. The zero-order valence-electron chi connectivity index (χ0n) is 4.98. The fraction of sp³-hybridized carbons (Fsp3) is 0. The molecule has 0 amide bonds. The largest absolute Gasteiger partial charge is 0.516 e. The van der Waals surface area contributed by atoms with E-state index in [0.717, 1.165) is 0 Å². The second kappa shape index (κ2) is 3.72. The van der Waals surface area contributed by atoms with E-state index in [9.17, 15) is 9.13 Å². The van der Waals surface area contributed by atoms with Gasteiger partial charge in [0.15, 0.2) is 0 Å². The molecule has 11 heteroatoms. The molecule has 0 radical (unpaired) electrons. The Morgan fingerprint density at radius 1 is 1.09 bits per heavy atom. The van der Waals surface area contributed by atoms with E-state index in [4.69, 9.17) is 9.79 Å². The highest BCUT2D eigenvalue weighted by Gasteiger charge is 2.35. The quantitative estimate of drug-likeness (QED) is 0.335. The van der Waals surface area contributed by atoms with E-state index in [2.05, 4.69) is 25.4 Å². The maximum absolute atomic E-state index is 10.6. The third kappa shape index (κ3) is 4.59. The van der Waals surface area contributed by atoms with Crippen LogP contribution in [0.3, 0.4) is 0 Å². The maximum atomic E-state index is 10.6. The predicted octanol–water partition coefficient (Wildman–Crippen LogP) is -1.02. The molecule has 0 aliphatic heterocycles. The summed E-state index contributed by atoms with van der Waals surface area (Å²) in [7, 11) is -9.50. The molecular weight excluding hydrogens is 202 g/mol. The number of nitrogens with two attached hydrogens (primary N) is 2. The van der Waals surface area contributed by atoms with Crippen molar-refractivity contribution in [3.63, 3.8) is 0 Å². The number of rotatable bonds is 4. The normalized spacial score (nSPS) is 13.5. The molecule has 0 spiro atoms. The van der Waals surface area contributed by atoms with Gasteiger partial charge in [-0.2, -0.15) is 13.6 Å². The Kier molecular flexibility index (Phi) is 3.78. The van der Waals surface area contributed by atoms with Crippen molar-refractivity contribution in [3.05, 3.63) is 0 Å². The number of hydrogen-bond acceptors (Lipinski definition) is 7. The first-order valence-corrected chi connectivity index (χ1v) is 4.96. The van der Waals surface area contributed by atoms with Gasteiger partial charge in [0.1, 0.15) is 0 Å². The first-order chi connectivity index (χ1) is 4.83. The monoisotopic (exact) mass is 208 g/mol. The van der Waals surface area contributed by atoms with Gasteiger partial charge in [0, 0.05) is 0 Å². The van der Waals surface area contributed by atoms with Crippen LogP contribution in [0, 0.1) is 0 Å². The van der Waals surface area contributed by atoms with Crippen molar-refractivity contribution in [2.75, 3.05) is 0 Å². The Hall–Kier alpha value is 0.180. The molecule has 0 aromatic heterocycles. The molecule has 0 atom stereocenters. The zero-order valence-corrected chi connectivity index (χ0v) is 6.77. The van der Waals surface area contributed by atoms with Gasteiger partial charge in [0.25, 0.3) is 0 Å². The Morgan fingerprint density at radius 2 is 1.45 bits per heavy atom. The van der Waals surface area contributed by atoms with Gasteiger partial charge in [-0.1, -0.05) is 0 Å². The van der Waals surface area contributed by atoms with E-state index in [1.165, 1.54) is 0 Å². The maximum Gasteiger partial charge on any atom is 0.516 e. The molecule has 0 aliphatic rings. The lowest BCUT2D eigenvalue weighted by Gasteiger charge is -2.11. The van der Waals surface area contributed by atoms with Gasteiger partial charge in [-0.05, 0) is 0 Å². The molecule has 0 fully saturated rings. The lowest BCUT2D eigenvalue weighted by atomic mass is 13.6. The van der Waals surface area contributed by atoms with E-state index in [-0.39, 0.29) is 0 Å². The van der Waals surface area contributed by atoms with Crippen LogP contribution in [0.25, 0.3) is 0 Å². The molecule has 6 N–H and O–H groups in total. The molecule has 0 bridgehead atoms. The first-order valence-electron chi connectivity index (χ1n) is 1.97. The molecular formula is H6N2O7P2. The predicted molar refractivity (Wildman–Crippen MR) is 31.3 cm³/mol. The van der Waals surface area contributed by atoms with Gasteiger partial charge < -0.3 is 9.79 Å². The molecule has 0 aromatic carbocycles. The highest BCUT2D eigenvalue weighted by Crippen LogP contribution is 2.58. The molecule has 68 valence electrons. The third-order valence-corrected chi connectivity index (χ3v) is 2.63. The summed E-state index contributed by atoms with van der Waals surface area (Å²) in [4.78, 5) is 16.1. The van der Waals surface area contributed by atoms with Crippen molar-refractivity contribution in [2.24, 2.45) is 11.8 Å². The van der Waals surface area contributed by atoms with Crippen LogP contribution in [0.2, 0.25) is 0 Å². The molecule has 0 aliphatic carbocycles. The average Bonchev–Trinajstić information content (AvgIpc) is 1.84. The van der Waals surface area contributed by atoms with E-state index < -0.39 is 15.6 Å². The summed E-state index contributed by atoms with van der Waals surface area (Å²) in [6.45, 7) is 0. The van der Waals surface area contributed by atoms with Gasteiger partial charge in [0.2, 0.25) is 0 Å². The molecule has 0 saturated heterocycles. The van der Waals surface area contributed by atoms with E-state index >= 15 is 0 Å². The van der Waals surface area contributed by atoms with Gasteiger partial charge in [-0.25, -0.2) is 20.9 Å². The first kappa shape index (κ1) is 11.2. The average molecular weight is 208 g/mol. The summed E-state index contributed by atoms with van der Waals surface area (Å²) >= 11 is 0. The van der Waals surface area contributed by atoms with Crippen LogP contribution >= 0.6 is 15.6 Å². The summed E-state index contributed by atoms with van der Waals surface area (Å²) in [6, 6.07) is 0. The van der Waals surface area contributed by atoms with Crippen LogP contribution in [-0.4, -0.2) is 9.79 Å². The van der Waals surface area contributed by atoms with Crippen molar-refractivity contribution in [2.45, 2.75) is 0 Å². The second-order valence-corrected chi connectivity index (χ2v) is 4.18. The molecule has 0 aromatic rings. The zero-order chi connectivity index (χ0) is 9.12. The van der Waals surface area contributed by atoms with Gasteiger partial charge in [0.05, 0.1) is 0 Å². The lowest BCUT2D eigenvalue weighted by molar-refractivity contribution is 0.142. The molecule has 0 rings (SSSR count). The summed E-state index contributed by atoms with van der Waals surface area (Å²) in [6.07, 6.45) is 0. The van der Waals surface area contributed by atoms with E-state index in [1.54, 1.807) is 0 Å². The molecule has 9 nitrogen and oxygen atoms in total. The lowest BCUT2D eigenvalue weighted by Crippen LogP contribution is -2.06. The van der Waals surface area contributed by atoms with Crippen LogP contribution in [-0.2, 0) is 22.7 Å². The molecule has 0 unspecified atom stereocenters. The topological polar surface area (TPSA) is 154 Å². The van der Waals surface area contributed by atoms with Gasteiger partial charge >= 0.3 is 15.6 Å². The van der Waals surface area contributed by atoms with Crippen molar-refractivity contribution in [1.29, 1.82) is 0 Å². The van der Waals surface area contributed by atoms with Crippen molar-refractivity contribution >= 4 is 15.6 Å². The van der Waals surface area contributed by atoms with Crippen molar-refractivity contribution < 1.29 is 32.5 Å². The summed E-state index contributed by atoms with van der Waals surface area (Å²) in [5, 5.41) is 0. The minimum absolute atomic E-state index is 3.45. The molecule has 0 saturated carbocycles. The Labute approximate surface area is 61.0 Å². The number of phosphoric acid groups is 2. The SMILES string of the molecule is NOP(=O)(ON)OP(=O)(O)O. The van der Waals surface area contributed by atoms with Crippen molar-refractivity contribution in [1.82, 2.24) is 0 Å². The van der Waals surface area contributed by atoms with Crippen LogP contribution in [0.15, 0.2) is 0 Å². The number of hydrogen-bond donors (Lipinski definition) is 4. The Bertz CT molecular complexity index is 196. The van der Waals surface area contributed by atoms with Crippen molar-refractivity contribution in [3.8, 4) is 0 Å². The highest BCUT2D eigenvalue weighted by molar-refractivity contribution is 7.61. The second-order valence-electron chi connectivity index (χ2n) is 1.23. The minimum Gasteiger partial charge on any atom is -0.302 e. The fourth-order valence-electron chi connectivity index (χ4n) is 0.194. The van der Waals surface area contributed by atoms with Gasteiger partial charge in [-0.15, -0.1) is 0 Å². The van der Waals surface area contributed by atoms with Crippen LogP contribution < -0.4 is 11.8 Å². The van der Waals surface area contributed by atoms with E-state index in [0.29, 0.717) is 0 Å². The fourth-order valence-corrected chi connectivity index (χ4v) is 1.59. The summed E-state index contributed by atoms with van der Waals surface area (Å²) in [5.41, 5.74) is 0. The molecule has 11 heavy (non-hydrogen) atoms. The smallest absolute Gasteiger partial charge is 0.302 e. The highest BCUT2D eigenvalue weighted by atomic mass is 31.3. The van der Waals surface area contributed by atoms with Gasteiger partial charge in [-0.3, -0.25) is 0 Å². The van der Waals surface area contributed by atoms with Crippen LogP contribution in [0.1, 0.15) is 0 Å². The standard InChI is InChI=1S/H6N2O7P2/c1-7-11(6,8-2)9-10(3,4)5/h1-2H2,(H2,3,4,5).